The van der Waals surface area contributed by atoms with E-state index in [1.54, 1.807) is 0 Å². The van der Waals surface area contributed by atoms with E-state index in [0.717, 1.165) is 36.4 Å². The number of benzene rings is 2. The molecule has 3 rings (SSSR count). The molecule has 0 fully saturated rings. The summed E-state index contributed by atoms with van der Waals surface area (Å²) in [6.07, 6.45) is -14.7. The van der Waals surface area contributed by atoms with Crippen LogP contribution in [0.3, 0.4) is 0 Å². The van der Waals surface area contributed by atoms with Crippen LogP contribution in [-0.4, -0.2) is 29.2 Å². The number of anilines is 1. The molecule has 0 saturated heterocycles. The van der Waals surface area contributed by atoms with E-state index in [4.69, 9.17) is 11.1 Å². The average molecular weight is 510 g/mol. The summed E-state index contributed by atoms with van der Waals surface area (Å²) in [6, 6.07) is 6.24. The van der Waals surface area contributed by atoms with Crippen molar-refractivity contribution in [3.05, 3.63) is 65.3 Å². The molecule has 0 aliphatic rings. The van der Waals surface area contributed by atoms with Gasteiger partial charge in [0.1, 0.15) is 12.3 Å². The Morgan fingerprint density at radius 1 is 0.943 bits per heavy atom. The summed E-state index contributed by atoms with van der Waals surface area (Å²) in [5.74, 6) is -1.15. The molecule has 0 atom stereocenters. The topological polar surface area (TPSA) is 55.8 Å². The summed E-state index contributed by atoms with van der Waals surface area (Å²) in [7, 11) is 0. The quantitative estimate of drug-likeness (QED) is 0.271. The van der Waals surface area contributed by atoms with Gasteiger partial charge in [0.25, 0.3) is 5.89 Å². The molecule has 0 bridgehead atoms. The SMILES string of the molecule is [C-]#[N+]c1ccc(N(Cc2noc(-c3ccc(OC(F)(F)F)cc3)n2)CC(F)(F)F)cc1C(F)(F)F. The Labute approximate surface area is 190 Å². The molecule has 0 amide bonds. The number of halogens is 9. The molecule has 1 heterocycles. The van der Waals surface area contributed by atoms with Crippen LogP contribution in [0.15, 0.2) is 47.0 Å². The molecule has 0 radical (unpaired) electrons. The van der Waals surface area contributed by atoms with Gasteiger partial charge in [-0.05, 0) is 36.4 Å². The van der Waals surface area contributed by atoms with Crippen LogP contribution in [0.4, 0.5) is 50.9 Å². The minimum absolute atomic E-state index is 0.112. The van der Waals surface area contributed by atoms with Gasteiger partial charge >= 0.3 is 18.7 Å². The monoisotopic (exact) mass is 510 g/mol. The van der Waals surface area contributed by atoms with Gasteiger partial charge in [-0.15, -0.1) is 13.2 Å². The molecule has 6 nitrogen and oxygen atoms in total. The summed E-state index contributed by atoms with van der Waals surface area (Å²) in [6.45, 7) is 4.44. The Morgan fingerprint density at radius 2 is 1.60 bits per heavy atom. The molecule has 0 saturated carbocycles. The first-order valence-electron chi connectivity index (χ1n) is 9.24. The van der Waals surface area contributed by atoms with Crippen LogP contribution >= 0.6 is 0 Å². The Balaban J connectivity index is 1.88. The molecule has 2 aromatic carbocycles. The summed E-state index contributed by atoms with van der Waals surface area (Å²) in [5.41, 5.74) is -2.58. The fraction of sp³-hybridized carbons (Fsp3) is 0.250. The molecule has 15 heteroatoms. The summed E-state index contributed by atoms with van der Waals surface area (Å²) in [5, 5.41) is 3.50. The third kappa shape index (κ3) is 7.01. The summed E-state index contributed by atoms with van der Waals surface area (Å²) in [4.78, 5) is 7.11. The molecule has 3 aromatic rings. The Morgan fingerprint density at radius 3 is 2.14 bits per heavy atom. The van der Waals surface area contributed by atoms with Crippen molar-refractivity contribution in [1.82, 2.24) is 10.1 Å². The highest BCUT2D eigenvalue weighted by molar-refractivity contribution is 5.62. The maximum Gasteiger partial charge on any atom is 0.573 e. The van der Waals surface area contributed by atoms with Crippen molar-refractivity contribution >= 4 is 11.4 Å². The standard InChI is InChI=1S/C20H11F9N4O2/c1-30-15-7-4-12(8-14(15)19(24,25)26)33(10-18(21,22)23)9-16-31-17(35-32-16)11-2-5-13(6-3-11)34-20(27,28)29/h2-8H,9-10H2. The number of hydrogen-bond acceptors (Lipinski definition) is 5. The minimum Gasteiger partial charge on any atom is -0.406 e. The third-order valence-corrected chi connectivity index (χ3v) is 4.28. The Bertz CT molecular complexity index is 1210. The van der Waals surface area contributed by atoms with Gasteiger partial charge in [-0.2, -0.15) is 31.3 Å². The lowest BCUT2D eigenvalue weighted by atomic mass is 10.1. The van der Waals surface area contributed by atoms with Crippen molar-refractivity contribution in [2.24, 2.45) is 0 Å². The zero-order valence-electron chi connectivity index (χ0n) is 17.0. The largest absolute Gasteiger partial charge is 0.573 e. The first kappa shape index (κ1) is 25.7. The van der Waals surface area contributed by atoms with Crippen molar-refractivity contribution < 1.29 is 48.8 Å². The number of rotatable bonds is 6. The van der Waals surface area contributed by atoms with Gasteiger partial charge in [0.05, 0.1) is 18.7 Å². The van der Waals surface area contributed by atoms with Gasteiger partial charge < -0.3 is 14.2 Å². The average Bonchev–Trinajstić information content (AvgIpc) is 3.19. The highest BCUT2D eigenvalue weighted by atomic mass is 19.4. The van der Waals surface area contributed by atoms with Gasteiger partial charge in [0, 0.05) is 11.3 Å². The highest BCUT2D eigenvalue weighted by Crippen LogP contribution is 2.39. The molecule has 0 unspecified atom stereocenters. The first-order chi connectivity index (χ1) is 16.1. The van der Waals surface area contributed by atoms with Crippen LogP contribution in [-0.2, 0) is 12.7 Å². The zero-order chi connectivity index (χ0) is 26.0. The smallest absolute Gasteiger partial charge is 0.406 e. The summed E-state index contributed by atoms with van der Waals surface area (Å²) < 4.78 is 125. The van der Waals surface area contributed by atoms with Gasteiger partial charge in [0.15, 0.2) is 11.5 Å². The van der Waals surface area contributed by atoms with E-state index in [1.165, 1.54) is 0 Å². The summed E-state index contributed by atoms with van der Waals surface area (Å²) >= 11 is 0. The molecule has 0 N–H and O–H groups in total. The second-order valence-corrected chi connectivity index (χ2v) is 6.87. The van der Waals surface area contributed by atoms with Gasteiger partial charge in [0.2, 0.25) is 0 Å². The van der Waals surface area contributed by atoms with Crippen molar-refractivity contribution in [2.75, 3.05) is 11.4 Å². The van der Waals surface area contributed by atoms with Crippen LogP contribution in [0, 0.1) is 6.57 Å². The normalized spacial score (nSPS) is 12.3. The van der Waals surface area contributed by atoms with Crippen LogP contribution in [0.25, 0.3) is 16.3 Å². The van der Waals surface area contributed by atoms with E-state index in [9.17, 15) is 39.5 Å². The van der Waals surface area contributed by atoms with Gasteiger partial charge in [-0.25, -0.2) is 4.85 Å². The molecular formula is C20H11F9N4O2. The molecule has 0 spiro atoms. The van der Waals surface area contributed by atoms with E-state index >= 15 is 0 Å². The fourth-order valence-corrected chi connectivity index (χ4v) is 2.91. The van der Waals surface area contributed by atoms with Crippen LogP contribution in [0.1, 0.15) is 11.4 Å². The van der Waals surface area contributed by atoms with Gasteiger partial charge in [-0.3, -0.25) is 0 Å². The molecule has 1 aromatic heterocycles. The lowest BCUT2D eigenvalue weighted by molar-refractivity contribution is -0.274. The van der Waals surface area contributed by atoms with E-state index in [-0.39, 0.29) is 17.3 Å². The van der Waals surface area contributed by atoms with Crippen LogP contribution in [0.5, 0.6) is 5.75 Å². The van der Waals surface area contributed by atoms with Crippen molar-refractivity contribution in [3.8, 4) is 17.2 Å². The maximum atomic E-state index is 13.3. The van der Waals surface area contributed by atoms with E-state index in [1.807, 2.05) is 0 Å². The number of aromatic nitrogens is 2. The highest BCUT2D eigenvalue weighted by Gasteiger charge is 2.36. The predicted octanol–water partition coefficient (Wildman–Crippen LogP) is 6.77. The first-order valence-corrected chi connectivity index (χ1v) is 9.24. The van der Waals surface area contributed by atoms with E-state index < -0.39 is 54.5 Å². The third-order valence-electron chi connectivity index (χ3n) is 4.28. The van der Waals surface area contributed by atoms with E-state index in [2.05, 4.69) is 19.7 Å². The Kier molecular flexibility index (Phi) is 6.86. The zero-order valence-corrected chi connectivity index (χ0v) is 17.0. The molecule has 186 valence electrons. The predicted molar refractivity (Wildman–Crippen MR) is 101 cm³/mol. The second-order valence-electron chi connectivity index (χ2n) is 6.87. The Hall–Kier alpha value is -3.96. The number of nitrogens with zero attached hydrogens (tertiary/aromatic N) is 4. The lowest BCUT2D eigenvalue weighted by Crippen LogP contribution is -2.34. The van der Waals surface area contributed by atoms with E-state index in [0.29, 0.717) is 11.0 Å². The lowest BCUT2D eigenvalue weighted by Gasteiger charge is -2.25. The molecule has 35 heavy (non-hydrogen) atoms. The second kappa shape index (κ2) is 9.35. The maximum absolute atomic E-state index is 13.3. The van der Waals surface area contributed by atoms with Crippen LogP contribution < -0.4 is 9.64 Å². The molecule has 0 aliphatic carbocycles. The van der Waals surface area contributed by atoms with Gasteiger partial charge in [-0.1, -0.05) is 11.2 Å². The number of alkyl halides is 9. The number of hydrogen-bond donors (Lipinski definition) is 0. The minimum atomic E-state index is -4.99. The fourth-order valence-electron chi connectivity index (χ4n) is 2.91. The van der Waals surface area contributed by atoms with Crippen LogP contribution in [0.2, 0.25) is 0 Å². The molecular weight excluding hydrogens is 499 g/mol. The number of ether oxygens (including phenoxy) is 1. The van der Waals surface area contributed by atoms with Crippen molar-refractivity contribution in [1.29, 1.82) is 0 Å². The molecule has 0 aliphatic heterocycles. The van der Waals surface area contributed by atoms with Crippen molar-refractivity contribution in [3.63, 3.8) is 0 Å². The van der Waals surface area contributed by atoms with Crippen molar-refractivity contribution in [2.45, 2.75) is 25.3 Å².